The number of phenolic OH excluding ortho intramolecular Hbond substituents is 1. The van der Waals surface area contributed by atoms with Crippen LogP contribution in [-0.4, -0.2) is 23.1 Å². The monoisotopic (exact) mass is 339 g/mol. The summed E-state index contributed by atoms with van der Waals surface area (Å²) in [5.74, 6) is -0.806. The van der Waals surface area contributed by atoms with Crippen molar-refractivity contribution in [3.05, 3.63) is 66.1 Å². The van der Waals surface area contributed by atoms with Crippen molar-refractivity contribution in [1.82, 2.24) is 5.32 Å². The quantitative estimate of drug-likeness (QED) is 0.698. The molecular formula is C19H17NO5. The molecular weight excluding hydrogens is 322 g/mol. The number of rotatable bonds is 5. The summed E-state index contributed by atoms with van der Waals surface area (Å²) in [7, 11) is 0. The number of benzene rings is 2. The van der Waals surface area contributed by atoms with Crippen molar-refractivity contribution >= 4 is 22.6 Å². The molecule has 3 rings (SSSR count). The smallest absolute Gasteiger partial charge is 0.342 e. The van der Waals surface area contributed by atoms with E-state index in [4.69, 9.17) is 9.15 Å². The first-order chi connectivity index (χ1) is 12.0. The van der Waals surface area contributed by atoms with Crippen LogP contribution in [0.25, 0.3) is 10.8 Å². The Bertz CT molecular complexity index is 901. The second-order valence-electron chi connectivity index (χ2n) is 5.56. The van der Waals surface area contributed by atoms with E-state index in [1.165, 1.54) is 19.3 Å². The Kier molecular flexibility index (Phi) is 4.70. The third-order valence-corrected chi connectivity index (χ3v) is 3.75. The van der Waals surface area contributed by atoms with E-state index in [0.717, 1.165) is 10.8 Å². The number of phenols is 1. The van der Waals surface area contributed by atoms with Gasteiger partial charge in [0.05, 0.1) is 12.8 Å². The van der Waals surface area contributed by atoms with Crippen molar-refractivity contribution in [2.24, 2.45) is 0 Å². The number of esters is 1. The zero-order valence-electron chi connectivity index (χ0n) is 13.6. The van der Waals surface area contributed by atoms with Crippen LogP contribution in [0.2, 0.25) is 0 Å². The van der Waals surface area contributed by atoms with Crippen molar-refractivity contribution in [2.45, 2.75) is 19.6 Å². The summed E-state index contributed by atoms with van der Waals surface area (Å²) in [6.45, 7) is 1.67. The van der Waals surface area contributed by atoms with E-state index < -0.39 is 18.0 Å². The highest BCUT2D eigenvalue weighted by Gasteiger charge is 2.21. The van der Waals surface area contributed by atoms with Crippen LogP contribution in [0.4, 0.5) is 0 Å². The van der Waals surface area contributed by atoms with Gasteiger partial charge in [0.2, 0.25) is 0 Å². The molecule has 0 saturated heterocycles. The number of ether oxygens (including phenoxy) is 1. The standard InChI is InChI=1S/C19H17NO5/c1-12(18(22)20-11-15-7-4-8-24-15)25-19(23)16-9-13-5-2-3-6-14(13)10-17(16)21/h2-10,12,21H,11H2,1H3,(H,20,22)/t12-/m1/s1. The predicted molar refractivity (Wildman–Crippen MR) is 91.0 cm³/mol. The zero-order valence-corrected chi connectivity index (χ0v) is 13.6. The maximum absolute atomic E-state index is 12.3. The minimum atomic E-state index is -1.01. The van der Waals surface area contributed by atoms with E-state index in [-0.39, 0.29) is 17.9 Å². The van der Waals surface area contributed by atoms with Crippen LogP contribution in [0, 0.1) is 0 Å². The molecule has 128 valence electrons. The summed E-state index contributed by atoms with van der Waals surface area (Å²) < 4.78 is 10.3. The second-order valence-corrected chi connectivity index (χ2v) is 5.56. The third-order valence-electron chi connectivity index (χ3n) is 3.75. The Morgan fingerprint density at radius 1 is 1.16 bits per heavy atom. The molecule has 2 aromatic carbocycles. The first-order valence-corrected chi connectivity index (χ1v) is 7.77. The number of hydrogen-bond acceptors (Lipinski definition) is 5. The average Bonchev–Trinajstić information content (AvgIpc) is 3.12. The number of carbonyl (C=O) groups excluding carboxylic acids is 2. The van der Waals surface area contributed by atoms with Gasteiger partial charge in [-0.2, -0.15) is 0 Å². The number of aromatic hydroxyl groups is 1. The van der Waals surface area contributed by atoms with Gasteiger partial charge in [0.1, 0.15) is 17.1 Å². The van der Waals surface area contributed by atoms with E-state index in [2.05, 4.69) is 5.32 Å². The number of amides is 1. The molecule has 6 nitrogen and oxygen atoms in total. The number of nitrogens with one attached hydrogen (secondary N) is 1. The Balaban J connectivity index is 1.66. The van der Waals surface area contributed by atoms with Crippen molar-refractivity contribution < 1.29 is 23.8 Å². The average molecular weight is 339 g/mol. The lowest BCUT2D eigenvalue weighted by Gasteiger charge is -2.14. The largest absolute Gasteiger partial charge is 0.507 e. The Labute approximate surface area is 144 Å². The zero-order chi connectivity index (χ0) is 17.8. The van der Waals surface area contributed by atoms with Gasteiger partial charge in [-0.25, -0.2) is 4.79 Å². The van der Waals surface area contributed by atoms with E-state index in [9.17, 15) is 14.7 Å². The molecule has 6 heteroatoms. The molecule has 2 N–H and O–H groups in total. The Morgan fingerprint density at radius 2 is 1.88 bits per heavy atom. The minimum Gasteiger partial charge on any atom is -0.507 e. The predicted octanol–water partition coefficient (Wildman–Crippen LogP) is 3.00. The van der Waals surface area contributed by atoms with Gasteiger partial charge in [0.25, 0.3) is 5.91 Å². The topological polar surface area (TPSA) is 88.8 Å². The summed E-state index contributed by atoms with van der Waals surface area (Å²) in [5.41, 5.74) is 0.0179. The lowest BCUT2D eigenvalue weighted by Crippen LogP contribution is -2.35. The van der Waals surface area contributed by atoms with Crippen LogP contribution >= 0.6 is 0 Å². The molecule has 0 aliphatic carbocycles. The van der Waals surface area contributed by atoms with E-state index >= 15 is 0 Å². The summed E-state index contributed by atoms with van der Waals surface area (Å²) in [6.07, 6.45) is 0.501. The van der Waals surface area contributed by atoms with Crippen LogP contribution < -0.4 is 5.32 Å². The first kappa shape index (κ1) is 16.6. The van der Waals surface area contributed by atoms with Crippen molar-refractivity contribution in [2.75, 3.05) is 0 Å². The fraction of sp³-hybridized carbons (Fsp3) is 0.158. The van der Waals surface area contributed by atoms with Gasteiger partial charge in [0.15, 0.2) is 6.10 Å². The van der Waals surface area contributed by atoms with E-state index in [0.29, 0.717) is 5.76 Å². The van der Waals surface area contributed by atoms with Crippen LogP contribution in [0.1, 0.15) is 23.0 Å². The SMILES string of the molecule is C[C@@H](OC(=O)c1cc2ccccc2cc1O)C(=O)NCc1ccco1. The molecule has 0 unspecified atom stereocenters. The normalized spacial score (nSPS) is 11.9. The van der Waals surface area contributed by atoms with Gasteiger partial charge >= 0.3 is 5.97 Å². The van der Waals surface area contributed by atoms with Gasteiger partial charge in [-0.3, -0.25) is 4.79 Å². The van der Waals surface area contributed by atoms with Crippen molar-refractivity contribution in [3.8, 4) is 5.75 Å². The molecule has 0 spiro atoms. The van der Waals surface area contributed by atoms with Crippen LogP contribution in [0.15, 0.2) is 59.2 Å². The molecule has 0 saturated carbocycles. The summed E-state index contributed by atoms with van der Waals surface area (Å²) in [5, 5.41) is 14.3. The number of hydrogen-bond donors (Lipinski definition) is 2. The number of carbonyl (C=O) groups is 2. The lowest BCUT2D eigenvalue weighted by molar-refractivity contribution is -0.129. The van der Waals surface area contributed by atoms with Gasteiger partial charge in [-0.05, 0) is 42.0 Å². The highest BCUT2D eigenvalue weighted by atomic mass is 16.5. The first-order valence-electron chi connectivity index (χ1n) is 7.77. The third kappa shape index (κ3) is 3.80. The fourth-order valence-electron chi connectivity index (χ4n) is 2.40. The number of furan rings is 1. The van der Waals surface area contributed by atoms with Gasteiger partial charge in [-0.1, -0.05) is 24.3 Å². The number of fused-ring (bicyclic) bond motifs is 1. The second kappa shape index (κ2) is 7.09. The van der Waals surface area contributed by atoms with E-state index in [1.807, 2.05) is 24.3 Å². The summed E-state index contributed by atoms with van der Waals surface area (Å²) in [4.78, 5) is 24.3. The lowest BCUT2D eigenvalue weighted by atomic mass is 10.1. The molecule has 0 aliphatic rings. The highest BCUT2D eigenvalue weighted by Crippen LogP contribution is 2.25. The molecule has 1 aromatic heterocycles. The molecule has 25 heavy (non-hydrogen) atoms. The Morgan fingerprint density at radius 3 is 2.56 bits per heavy atom. The molecule has 0 radical (unpaired) electrons. The maximum atomic E-state index is 12.3. The van der Waals surface area contributed by atoms with Crippen LogP contribution in [0.5, 0.6) is 5.75 Å². The van der Waals surface area contributed by atoms with Crippen LogP contribution in [-0.2, 0) is 16.1 Å². The summed E-state index contributed by atoms with van der Waals surface area (Å²) >= 11 is 0. The molecule has 1 atom stereocenters. The van der Waals surface area contributed by atoms with Crippen LogP contribution in [0.3, 0.4) is 0 Å². The molecule has 1 heterocycles. The molecule has 1 amide bonds. The molecule has 0 aliphatic heterocycles. The molecule has 0 fully saturated rings. The van der Waals surface area contributed by atoms with Gasteiger partial charge in [0, 0.05) is 0 Å². The fourth-order valence-corrected chi connectivity index (χ4v) is 2.40. The van der Waals surface area contributed by atoms with Crippen molar-refractivity contribution in [1.29, 1.82) is 0 Å². The minimum absolute atomic E-state index is 0.0179. The molecule has 0 bridgehead atoms. The maximum Gasteiger partial charge on any atom is 0.342 e. The Hall–Kier alpha value is -3.28. The summed E-state index contributed by atoms with van der Waals surface area (Å²) in [6, 6.07) is 13.8. The molecule has 3 aromatic rings. The van der Waals surface area contributed by atoms with Crippen molar-refractivity contribution in [3.63, 3.8) is 0 Å². The van der Waals surface area contributed by atoms with Gasteiger partial charge < -0.3 is 19.6 Å². The van der Waals surface area contributed by atoms with Gasteiger partial charge in [-0.15, -0.1) is 0 Å². The highest BCUT2D eigenvalue weighted by molar-refractivity contribution is 5.99. The van der Waals surface area contributed by atoms with E-state index in [1.54, 1.807) is 18.2 Å².